The van der Waals surface area contributed by atoms with E-state index in [4.69, 9.17) is 32.7 Å². The van der Waals surface area contributed by atoms with Gasteiger partial charge in [-0.05, 0) is 24.0 Å². The third-order valence-electron chi connectivity index (χ3n) is 2.68. The second-order valence-corrected chi connectivity index (χ2v) is 5.55. The van der Waals surface area contributed by atoms with E-state index in [0.717, 1.165) is 17.7 Å². The lowest BCUT2D eigenvalue weighted by Crippen LogP contribution is -2.15. The van der Waals surface area contributed by atoms with E-state index in [2.05, 4.69) is 13.8 Å². The molecule has 1 aromatic carbocycles. The first kappa shape index (κ1) is 12.8. The molecule has 1 aliphatic rings. The lowest BCUT2D eigenvalue weighted by atomic mass is 10.0. The Kier molecular flexibility index (Phi) is 4.05. The lowest BCUT2D eigenvalue weighted by Gasteiger charge is -2.21. The molecule has 0 amide bonds. The van der Waals surface area contributed by atoms with Crippen molar-refractivity contribution < 1.29 is 9.47 Å². The minimum atomic E-state index is -0.0849. The number of benzene rings is 1. The molecule has 1 heterocycles. The van der Waals surface area contributed by atoms with Gasteiger partial charge in [0.25, 0.3) is 0 Å². The summed E-state index contributed by atoms with van der Waals surface area (Å²) in [4.78, 5) is 0. The number of ether oxygens (including phenoxy) is 2. The van der Waals surface area contributed by atoms with Crippen LogP contribution in [0.5, 0.6) is 11.5 Å². The fraction of sp³-hybridized carbons (Fsp3) is 0.538. The monoisotopic (exact) mass is 274 g/mol. The van der Waals surface area contributed by atoms with E-state index < -0.39 is 0 Å². The standard InChI is InChI=1S/C13H16Cl2O2/c1-8(2)5-10(14)9-6-12-13(7-11(9)15)17-4-3-16-12/h6-8,10H,3-5H2,1-2H3. The molecule has 17 heavy (non-hydrogen) atoms. The predicted octanol–water partition coefficient (Wildman–Crippen LogP) is 4.44. The molecule has 2 rings (SSSR count). The molecule has 0 aliphatic carbocycles. The van der Waals surface area contributed by atoms with Gasteiger partial charge in [-0.15, -0.1) is 11.6 Å². The second kappa shape index (κ2) is 5.36. The van der Waals surface area contributed by atoms with Gasteiger partial charge in [-0.1, -0.05) is 25.4 Å². The Balaban J connectivity index is 2.28. The Bertz CT molecular complexity index is 405. The molecule has 1 atom stereocenters. The summed E-state index contributed by atoms with van der Waals surface area (Å²) in [7, 11) is 0. The van der Waals surface area contributed by atoms with Crippen LogP contribution in [-0.2, 0) is 0 Å². The van der Waals surface area contributed by atoms with Gasteiger partial charge in [0.15, 0.2) is 11.5 Å². The maximum atomic E-state index is 6.37. The summed E-state index contributed by atoms with van der Waals surface area (Å²) in [5.74, 6) is 1.98. The summed E-state index contributed by atoms with van der Waals surface area (Å²) in [6.45, 7) is 5.42. The minimum Gasteiger partial charge on any atom is -0.486 e. The molecule has 94 valence electrons. The molecule has 4 heteroatoms. The van der Waals surface area contributed by atoms with E-state index in [-0.39, 0.29) is 5.38 Å². The van der Waals surface area contributed by atoms with Crippen LogP contribution in [-0.4, -0.2) is 13.2 Å². The summed E-state index contributed by atoms with van der Waals surface area (Å²) in [5.41, 5.74) is 0.922. The first-order valence-electron chi connectivity index (χ1n) is 5.81. The van der Waals surface area contributed by atoms with Crippen molar-refractivity contribution in [3.63, 3.8) is 0 Å². The van der Waals surface area contributed by atoms with Crippen LogP contribution < -0.4 is 9.47 Å². The summed E-state index contributed by atoms with van der Waals surface area (Å²) >= 11 is 12.6. The van der Waals surface area contributed by atoms with Gasteiger partial charge in [0.05, 0.1) is 5.38 Å². The predicted molar refractivity (Wildman–Crippen MR) is 70.5 cm³/mol. The van der Waals surface area contributed by atoms with Gasteiger partial charge in [0.1, 0.15) is 13.2 Å². The Morgan fingerprint density at radius 2 is 1.76 bits per heavy atom. The normalized spacial score (nSPS) is 16.1. The van der Waals surface area contributed by atoms with Crippen molar-refractivity contribution in [1.82, 2.24) is 0 Å². The fourth-order valence-corrected chi connectivity index (χ4v) is 2.74. The third-order valence-corrected chi connectivity index (χ3v) is 3.42. The summed E-state index contributed by atoms with van der Waals surface area (Å²) in [6.07, 6.45) is 0.890. The smallest absolute Gasteiger partial charge is 0.162 e. The molecule has 1 unspecified atom stereocenters. The topological polar surface area (TPSA) is 18.5 Å². The number of alkyl halides is 1. The zero-order valence-corrected chi connectivity index (χ0v) is 11.5. The molecule has 0 N–H and O–H groups in total. The van der Waals surface area contributed by atoms with Crippen LogP contribution in [0.3, 0.4) is 0 Å². The quantitative estimate of drug-likeness (QED) is 0.759. The molecule has 1 aliphatic heterocycles. The van der Waals surface area contributed by atoms with Crippen molar-refractivity contribution in [3.05, 3.63) is 22.7 Å². The number of hydrogen-bond donors (Lipinski definition) is 0. The SMILES string of the molecule is CC(C)CC(Cl)c1cc2c(cc1Cl)OCCO2. The molecule has 0 saturated heterocycles. The molecule has 2 nitrogen and oxygen atoms in total. The maximum absolute atomic E-state index is 6.37. The summed E-state index contributed by atoms with van der Waals surface area (Å²) in [5, 5.41) is 0.563. The number of rotatable bonds is 3. The Morgan fingerprint density at radius 1 is 1.18 bits per heavy atom. The van der Waals surface area contributed by atoms with Crippen LogP contribution in [0.15, 0.2) is 12.1 Å². The molecule has 0 bridgehead atoms. The van der Waals surface area contributed by atoms with Crippen molar-refractivity contribution >= 4 is 23.2 Å². The summed E-state index contributed by atoms with van der Waals surface area (Å²) < 4.78 is 11.0. The van der Waals surface area contributed by atoms with Crippen molar-refractivity contribution in [2.45, 2.75) is 25.6 Å². The van der Waals surface area contributed by atoms with Gasteiger partial charge in [-0.2, -0.15) is 0 Å². The molecular formula is C13H16Cl2O2. The first-order chi connectivity index (χ1) is 8.08. The summed E-state index contributed by atoms with van der Waals surface area (Å²) in [6, 6.07) is 3.69. The van der Waals surface area contributed by atoms with Crippen LogP contribution in [0.1, 0.15) is 31.2 Å². The second-order valence-electron chi connectivity index (χ2n) is 4.61. The Hall–Kier alpha value is -0.600. The molecule has 0 saturated carbocycles. The highest BCUT2D eigenvalue weighted by Gasteiger charge is 2.19. The average Bonchev–Trinajstić information content (AvgIpc) is 2.27. The van der Waals surface area contributed by atoms with Crippen LogP contribution >= 0.6 is 23.2 Å². The van der Waals surface area contributed by atoms with Crippen LogP contribution in [0.2, 0.25) is 5.02 Å². The van der Waals surface area contributed by atoms with Crippen molar-refractivity contribution in [3.8, 4) is 11.5 Å². The molecule has 1 aromatic rings. The van der Waals surface area contributed by atoms with Crippen LogP contribution in [0.4, 0.5) is 0 Å². The first-order valence-corrected chi connectivity index (χ1v) is 6.62. The Labute approximate surface area is 112 Å². The lowest BCUT2D eigenvalue weighted by molar-refractivity contribution is 0.171. The van der Waals surface area contributed by atoms with E-state index in [0.29, 0.717) is 29.9 Å². The van der Waals surface area contributed by atoms with Gasteiger partial charge in [-0.3, -0.25) is 0 Å². The maximum Gasteiger partial charge on any atom is 0.162 e. The highest BCUT2D eigenvalue weighted by atomic mass is 35.5. The largest absolute Gasteiger partial charge is 0.486 e. The number of halogens is 2. The molecule has 0 radical (unpaired) electrons. The van der Waals surface area contributed by atoms with Crippen LogP contribution in [0, 0.1) is 5.92 Å². The van der Waals surface area contributed by atoms with Gasteiger partial charge in [0.2, 0.25) is 0 Å². The highest BCUT2D eigenvalue weighted by molar-refractivity contribution is 6.33. The zero-order valence-electron chi connectivity index (χ0n) is 10.0. The van der Waals surface area contributed by atoms with Crippen molar-refractivity contribution in [2.75, 3.05) is 13.2 Å². The van der Waals surface area contributed by atoms with E-state index >= 15 is 0 Å². The van der Waals surface area contributed by atoms with Gasteiger partial charge >= 0.3 is 0 Å². The average molecular weight is 275 g/mol. The van der Waals surface area contributed by atoms with E-state index in [9.17, 15) is 0 Å². The molecule has 0 fully saturated rings. The Morgan fingerprint density at radius 3 is 2.35 bits per heavy atom. The van der Waals surface area contributed by atoms with E-state index in [1.54, 1.807) is 6.07 Å². The van der Waals surface area contributed by atoms with Gasteiger partial charge in [0, 0.05) is 11.1 Å². The highest BCUT2D eigenvalue weighted by Crippen LogP contribution is 2.41. The van der Waals surface area contributed by atoms with E-state index in [1.807, 2.05) is 6.07 Å². The fourth-order valence-electron chi connectivity index (χ4n) is 1.86. The number of hydrogen-bond acceptors (Lipinski definition) is 2. The third kappa shape index (κ3) is 2.99. The minimum absolute atomic E-state index is 0.0849. The number of fused-ring (bicyclic) bond motifs is 1. The van der Waals surface area contributed by atoms with Gasteiger partial charge in [-0.25, -0.2) is 0 Å². The molecule has 0 spiro atoms. The van der Waals surface area contributed by atoms with Gasteiger partial charge < -0.3 is 9.47 Å². The molecular weight excluding hydrogens is 259 g/mol. The zero-order chi connectivity index (χ0) is 12.4. The van der Waals surface area contributed by atoms with Crippen molar-refractivity contribution in [2.24, 2.45) is 5.92 Å². The molecule has 0 aromatic heterocycles. The van der Waals surface area contributed by atoms with Crippen molar-refractivity contribution in [1.29, 1.82) is 0 Å². The van der Waals surface area contributed by atoms with E-state index in [1.165, 1.54) is 0 Å². The van der Waals surface area contributed by atoms with Crippen LogP contribution in [0.25, 0.3) is 0 Å².